The maximum Gasteiger partial charge on any atom is 0.307 e. The maximum absolute atomic E-state index is 10.8. The Morgan fingerprint density at radius 3 is 2.59 bits per heavy atom. The molecule has 4 nitrogen and oxygen atoms in total. The number of carbonyl (C=O) groups is 1. The second-order valence-corrected chi connectivity index (χ2v) is 4.27. The summed E-state index contributed by atoms with van der Waals surface area (Å²) >= 11 is 5.89. The van der Waals surface area contributed by atoms with Crippen LogP contribution < -0.4 is 9.47 Å². The Labute approximate surface area is 105 Å². The highest BCUT2D eigenvalue weighted by atomic mass is 35.5. The SMILES string of the molecule is COc1cc(Cl)cc(CC(=O)O)c1OC(C)C. The molecule has 0 unspecified atom stereocenters. The Morgan fingerprint density at radius 1 is 1.47 bits per heavy atom. The lowest BCUT2D eigenvalue weighted by atomic mass is 10.1. The van der Waals surface area contributed by atoms with E-state index in [4.69, 9.17) is 26.2 Å². The summed E-state index contributed by atoms with van der Waals surface area (Å²) in [5, 5.41) is 9.27. The van der Waals surface area contributed by atoms with Gasteiger partial charge in [0.05, 0.1) is 19.6 Å². The van der Waals surface area contributed by atoms with Crippen molar-refractivity contribution in [2.24, 2.45) is 0 Å². The van der Waals surface area contributed by atoms with Gasteiger partial charge in [0.15, 0.2) is 11.5 Å². The van der Waals surface area contributed by atoms with Gasteiger partial charge in [-0.3, -0.25) is 4.79 Å². The molecule has 0 fully saturated rings. The van der Waals surface area contributed by atoms with Gasteiger partial charge < -0.3 is 14.6 Å². The van der Waals surface area contributed by atoms with E-state index in [0.717, 1.165) is 0 Å². The van der Waals surface area contributed by atoms with Gasteiger partial charge in [-0.1, -0.05) is 11.6 Å². The Bertz CT molecular complexity index is 415. The molecule has 1 N–H and O–H groups in total. The topological polar surface area (TPSA) is 55.8 Å². The Morgan fingerprint density at radius 2 is 2.12 bits per heavy atom. The predicted molar refractivity (Wildman–Crippen MR) is 65.1 cm³/mol. The molecule has 94 valence electrons. The number of benzene rings is 1. The van der Waals surface area contributed by atoms with Gasteiger partial charge in [-0.2, -0.15) is 0 Å². The lowest BCUT2D eigenvalue weighted by molar-refractivity contribution is -0.136. The van der Waals surface area contributed by atoms with E-state index in [0.29, 0.717) is 22.1 Å². The van der Waals surface area contributed by atoms with Crippen LogP contribution in [-0.2, 0) is 11.2 Å². The maximum atomic E-state index is 10.8. The molecule has 0 heterocycles. The van der Waals surface area contributed by atoms with E-state index in [9.17, 15) is 4.79 Å². The van der Waals surface area contributed by atoms with Crippen molar-refractivity contribution in [1.29, 1.82) is 0 Å². The molecule has 0 aliphatic heterocycles. The van der Waals surface area contributed by atoms with Crippen molar-refractivity contribution in [2.75, 3.05) is 7.11 Å². The first-order chi connectivity index (χ1) is 7.93. The molecule has 0 amide bonds. The molecule has 0 saturated heterocycles. The zero-order chi connectivity index (χ0) is 13.0. The van der Waals surface area contributed by atoms with E-state index in [1.54, 1.807) is 12.1 Å². The summed E-state index contributed by atoms with van der Waals surface area (Å²) in [6.07, 6.45) is -0.225. The molecule has 0 saturated carbocycles. The molecule has 0 bridgehead atoms. The molecule has 0 aliphatic rings. The molecule has 0 aliphatic carbocycles. The summed E-state index contributed by atoms with van der Waals surface area (Å²) in [5.41, 5.74) is 0.510. The smallest absolute Gasteiger partial charge is 0.307 e. The van der Waals surface area contributed by atoms with Gasteiger partial charge in [-0.15, -0.1) is 0 Å². The molecule has 0 radical (unpaired) electrons. The number of methoxy groups -OCH3 is 1. The van der Waals surface area contributed by atoms with Crippen LogP contribution in [0, 0.1) is 0 Å². The highest BCUT2D eigenvalue weighted by Gasteiger charge is 2.16. The van der Waals surface area contributed by atoms with Crippen molar-refractivity contribution in [1.82, 2.24) is 0 Å². The van der Waals surface area contributed by atoms with Crippen LogP contribution >= 0.6 is 11.6 Å². The molecule has 1 aromatic rings. The van der Waals surface area contributed by atoms with Crippen molar-refractivity contribution >= 4 is 17.6 Å². The predicted octanol–water partition coefficient (Wildman–Crippen LogP) is 2.76. The monoisotopic (exact) mass is 258 g/mol. The minimum absolute atomic E-state index is 0.0716. The van der Waals surface area contributed by atoms with Gasteiger partial charge in [0.25, 0.3) is 0 Å². The van der Waals surface area contributed by atoms with Gasteiger partial charge in [-0.25, -0.2) is 0 Å². The van der Waals surface area contributed by atoms with E-state index in [-0.39, 0.29) is 12.5 Å². The molecule has 0 spiro atoms. The molecule has 5 heteroatoms. The molecular formula is C12H15ClO4. The van der Waals surface area contributed by atoms with Gasteiger partial charge in [0, 0.05) is 16.7 Å². The van der Waals surface area contributed by atoms with Crippen molar-refractivity contribution in [3.8, 4) is 11.5 Å². The van der Waals surface area contributed by atoms with E-state index in [2.05, 4.69) is 0 Å². The number of hydrogen-bond acceptors (Lipinski definition) is 3. The van der Waals surface area contributed by atoms with E-state index >= 15 is 0 Å². The van der Waals surface area contributed by atoms with Crippen molar-refractivity contribution < 1.29 is 19.4 Å². The highest BCUT2D eigenvalue weighted by molar-refractivity contribution is 6.30. The van der Waals surface area contributed by atoms with E-state index < -0.39 is 5.97 Å². The Kier molecular flexibility index (Phi) is 4.63. The molecule has 0 aromatic heterocycles. The molecular weight excluding hydrogens is 244 g/mol. The summed E-state index contributed by atoms with van der Waals surface area (Å²) in [6, 6.07) is 3.18. The summed E-state index contributed by atoms with van der Waals surface area (Å²) in [6.45, 7) is 3.72. The number of rotatable bonds is 5. The Hall–Kier alpha value is -1.42. The van der Waals surface area contributed by atoms with Crippen molar-refractivity contribution in [3.63, 3.8) is 0 Å². The summed E-state index contributed by atoms with van der Waals surface area (Å²) in [4.78, 5) is 10.8. The highest BCUT2D eigenvalue weighted by Crippen LogP contribution is 2.35. The molecule has 1 aromatic carbocycles. The van der Waals surface area contributed by atoms with Gasteiger partial charge >= 0.3 is 5.97 Å². The number of aliphatic carboxylic acids is 1. The average molecular weight is 259 g/mol. The summed E-state index contributed by atoms with van der Waals surface area (Å²) < 4.78 is 10.7. The quantitative estimate of drug-likeness (QED) is 0.882. The third-order valence-corrected chi connectivity index (χ3v) is 2.23. The van der Waals surface area contributed by atoms with Crippen molar-refractivity contribution in [2.45, 2.75) is 26.4 Å². The lowest BCUT2D eigenvalue weighted by Crippen LogP contribution is -2.11. The second kappa shape index (κ2) is 5.77. The van der Waals surface area contributed by atoms with Gasteiger partial charge in [-0.05, 0) is 19.9 Å². The number of ether oxygens (including phenoxy) is 2. The van der Waals surface area contributed by atoms with Crippen molar-refractivity contribution in [3.05, 3.63) is 22.7 Å². The first-order valence-electron chi connectivity index (χ1n) is 5.19. The third kappa shape index (κ3) is 3.82. The van der Waals surface area contributed by atoms with Crippen LogP contribution in [0.15, 0.2) is 12.1 Å². The van der Waals surface area contributed by atoms with Crippen LogP contribution in [0.2, 0.25) is 5.02 Å². The van der Waals surface area contributed by atoms with E-state index in [1.807, 2.05) is 13.8 Å². The van der Waals surface area contributed by atoms with Crippen LogP contribution in [0.25, 0.3) is 0 Å². The molecule has 0 atom stereocenters. The fourth-order valence-corrected chi connectivity index (χ4v) is 1.67. The Balaban J connectivity index is 3.22. The number of carboxylic acids is 1. The van der Waals surface area contributed by atoms with Crippen LogP contribution in [0.5, 0.6) is 11.5 Å². The molecule has 17 heavy (non-hydrogen) atoms. The minimum Gasteiger partial charge on any atom is -0.493 e. The average Bonchev–Trinajstić information content (AvgIpc) is 2.20. The van der Waals surface area contributed by atoms with E-state index in [1.165, 1.54) is 7.11 Å². The van der Waals surface area contributed by atoms with Gasteiger partial charge in [0.1, 0.15) is 0 Å². The van der Waals surface area contributed by atoms with Crippen LogP contribution in [0.1, 0.15) is 19.4 Å². The first kappa shape index (κ1) is 13.6. The van der Waals surface area contributed by atoms with Gasteiger partial charge in [0.2, 0.25) is 0 Å². The number of carboxylic acid groups (broad SMARTS) is 1. The summed E-state index contributed by atoms with van der Waals surface area (Å²) in [5.74, 6) is -0.0559. The number of halogens is 1. The fourth-order valence-electron chi connectivity index (χ4n) is 1.44. The van der Waals surface area contributed by atoms with Crippen LogP contribution in [0.3, 0.4) is 0 Å². The third-order valence-electron chi connectivity index (χ3n) is 2.01. The van der Waals surface area contributed by atoms with Crippen LogP contribution in [-0.4, -0.2) is 24.3 Å². The number of hydrogen-bond donors (Lipinski definition) is 1. The standard InChI is InChI=1S/C12H15ClO4/c1-7(2)17-12-8(5-11(14)15)4-9(13)6-10(12)16-3/h4,6-7H,5H2,1-3H3,(H,14,15). The fraction of sp³-hybridized carbons (Fsp3) is 0.417. The summed E-state index contributed by atoms with van der Waals surface area (Å²) in [7, 11) is 1.49. The normalized spacial score (nSPS) is 10.4. The molecule has 1 rings (SSSR count). The largest absolute Gasteiger partial charge is 0.493 e. The van der Waals surface area contributed by atoms with Crippen LogP contribution in [0.4, 0.5) is 0 Å². The first-order valence-corrected chi connectivity index (χ1v) is 5.56. The lowest BCUT2D eigenvalue weighted by Gasteiger charge is -2.17. The second-order valence-electron chi connectivity index (χ2n) is 3.83. The zero-order valence-corrected chi connectivity index (χ0v) is 10.7. The minimum atomic E-state index is -0.942. The zero-order valence-electron chi connectivity index (χ0n) is 9.99.